The molecule has 0 unspecified atom stereocenters. The second-order valence-electron chi connectivity index (χ2n) is 8.51. The number of Topliss-reactive ketones (excluding diaryl/α,β-unsaturated/α-hetero) is 2. The predicted molar refractivity (Wildman–Crippen MR) is 119 cm³/mol. The summed E-state index contributed by atoms with van der Waals surface area (Å²) in [6.07, 6.45) is 2.46. The van der Waals surface area contributed by atoms with Crippen LogP contribution in [0.3, 0.4) is 0 Å². The molecule has 0 spiro atoms. The number of dihydropyridines is 1. The van der Waals surface area contributed by atoms with Crippen LogP contribution in [0.1, 0.15) is 51.9 Å². The zero-order valence-electron chi connectivity index (χ0n) is 17.4. The predicted octanol–water partition coefficient (Wildman–Crippen LogP) is 4.88. The average molecular weight is 438 g/mol. The Kier molecular flexibility index (Phi) is 4.20. The lowest BCUT2D eigenvalue weighted by molar-refractivity contribution is -0.384. The molecule has 162 valence electrons. The number of rotatable bonds is 3. The molecule has 0 saturated heterocycles. The van der Waals surface area contributed by atoms with Gasteiger partial charge in [-0.1, -0.05) is 36.4 Å². The lowest BCUT2D eigenvalue weighted by Gasteiger charge is -2.35. The Morgan fingerprint density at radius 1 is 0.909 bits per heavy atom. The lowest BCUT2D eigenvalue weighted by Crippen LogP contribution is -2.33. The topological polar surface area (TPSA) is 102 Å². The summed E-state index contributed by atoms with van der Waals surface area (Å²) in [6.45, 7) is 0. The Balaban J connectivity index is 1.52. The van der Waals surface area contributed by atoms with Crippen molar-refractivity contribution in [2.24, 2.45) is 0 Å². The van der Waals surface area contributed by atoms with Gasteiger partial charge in [-0.15, -0.1) is 0 Å². The van der Waals surface area contributed by atoms with E-state index in [0.717, 1.165) is 17.0 Å². The minimum atomic E-state index is -0.581. The van der Waals surface area contributed by atoms with Crippen LogP contribution >= 0.6 is 0 Å². The third-order valence-corrected chi connectivity index (χ3v) is 6.70. The van der Waals surface area contributed by atoms with E-state index in [9.17, 15) is 19.7 Å². The minimum Gasteiger partial charge on any atom is -0.469 e. The average Bonchev–Trinajstić information content (AvgIpc) is 3.46. The van der Waals surface area contributed by atoms with E-state index in [-0.39, 0.29) is 29.6 Å². The first-order valence-corrected chi connectivity index (χ1v) is 10.7. The SMILES string of the molecule is O=C1C[C@@H](c2ccco2)CC2=C1[C@H](c1ccc([N+](=O)[O-])cc1)C1=C(N2)c2ccccc2C1=O. The van der Waals surface area contributed by atoms with Crippen molar-refractivity contribution in [1.29, 1.82) is 0 Å². The van der Waals surface area contributed by atoms with Crippen LogP contribution in [-0.4, -0.2) is 16.5 Å². The van der Waals surface area contributed by atoms with Gasteiger partial charge in [0.25, 0.3) is 5.69 Å². The molecule has 2 aliphatic carbocycles. The van der Waals surface area contributed by atoms with E-state index in [4.69, 9.17) is 4.42 Å². The Bertz CT molecular complexity index is 1400. The van der Waals surface area contributed by atoms with Crippen LogP contribution in [0.25, 0.3) is 5.70 Å². The lowest BCUT2D eigenvalue weighted by atomic mass is 9.72. The van der Waals surface area contributed by atoms with Crippen molar-refractivity contribution in [1.82, 2.24) is 5.32 Å². The number of furan rings is 1. The summed E-state index contributed by atoms with van der Waals surface area (Å²) in [6, 6.07) is 17.2. The number of nitro groups is 1. The van der Waals surface area contributed by atoms with Gasteiger partial charge in [0, 0.05) is 58.4 Å². The number of benzene rings is 2. The molecule has 3 aromatic rings. The molecular weight excluding hydrogens is 420 g/mol. The second-order valence-corrected chi connectivity index (χ2v) is 8.51. The quantitative estimate of drug-likeness (QED) is 0.462. The Morgan fingerprint density at radius 2 is 1.67 bits per heavy atom. The molecular formula is C26H18N2O5. The van der Waals surface area contributed by atoms with E-state index in [2.05, 4.69) is 5.32 Å². The van der Waals surface area contributed by atoms with Crippen LogP contribution in [-0.2, 0) is 4.79 Å². The zero-order chi connectivity index (χ0) is 22.7. The van der Waals surface area contributed by atoms with Gasteiger partial charge >= 0.3 is 0 Å². The van der Waals surface area contributed by atoms with Gasteiger partial charge in [-0.05, 0) is 24.1 Å². The first kappa shape index (κ1) is 19.4. The first-order valence-electron chi connectivity index (χ1n) is 10.7. The maximum absolute atomic E-state index is 13.5. The fourth-order valence-electron chi connectivity index (χ4n) is 5.24. The number of fused-ring (bicyclic) bond motifs is 2. The largest absolute Gasteiger partial charge is 0.469 e. The van der Waals surface area contributed by atoms with Gasteiger partial charge in [-0.3, -0.25) is 19.7 Å². The number of nitrogens with zero attached hydrogens (tertiary/aromatic N) is 1. The molecule has 2 heterocycles. The van der Waals surface area contributed by atoms with Crippen LogP contribution in [0.4, 0.5) is 5.69 Å². The van der Waals surface area contributed by atoms with E-state index in [1.165, 1.54) is 12.1 Å². The molecule has 7 nitrogen and oxygen atoms in total. The normalized spacial score (nSPS) is 21.5. The zero-order valence-corrected chi connectivity index (χ0v) is 17.4. The summed E-state index contributed by atoms with van der Waals surface area (Å²) in [5.41, 5.74) is 4.63. The summed E-state index contributed by atoms with van der Waals surface area (Å²) < 4.78 is 5.58. The van der Waals surface area contributed by atoms with E-state index >= 15 is 0 Å². The number of nitro benzene ring substituents is 1. The van der Waals surface area contributed by atoms with Crippen LogP contribution in [0.5, 0.6) is 0 Å². The highest BCUT2D eigenvalue weighted by atomic mass is 16.6. The van der Waals surface area contributed by atoms with Gasteiger partial charge in [-0.25, -0.2) is 0 Å². The Hall–Kier alpha value is -4.26. The monoisotopic (exact) mass is 438 g/mol. The fourth-order valence-corrected chi connectivity index (χ4v) is 5.24. The molecule has 3 aliphatic rings. The van der Waals surface area contributed by atoms with Crippen molar-refractivity contribution in [3.8, 4) is 0 Å². The first-order chi connectivity index (χ1) is 16.0. The molecule has 1 aromatic heterocycles. The van der Waals surface area contributed by atoms with Gasteiger partial charge in [0.05, 0.1) is 16.9 Å². The summed E-state index contributed by atoms with van der Waals surface area (Å²) >= 11 is 0. The molecule has 1 aliphatic heterocycles. The molecule has 0 radical (unpaired) electrons. The molecule has 1 N–H and O–H groups in total. The standard InChI is InChI=1S/C26H18N2O5/c29-20-13-15(21-6-3-11-33-21)12-19-23(20)22(14-7-9-16(10-8-14)28(31)32)24-25(27-19)17-4-1-2-5-18(17)26(24)30/h1-11,15,22,27H,12-13H2/t15-,22-/m0/s1. The van der Waals surface area contributed by atoms with Crippen molar-refractivity contribution in [3.05, 3.63) is 116 Å². The van der Waals surface area contributed by atoms with Crippen LogP contribution < -0.4 is 5.32 Å². The van der Waals surface area contributed by atoms with Crippen molar-refractivity contribution in [3.63, 3.8) is 0 Å². The van der Waals surface area contributed by atoms with E-state index < -0.39 is 10.8 Å². The molecule has 33 heavy (non-hydrogen) atoms. The number of allylic oxidation sites excluding steroid dienone is 3. The van der Waals surface area contributed by atoms with Crippen LogP contribution in [0, 0.1) is 10.1 Å². The molecule has 7 heteroatoms. The molecule has 0 bridgehead atoms. The van der Waals surface area contributed by atoms with Crippen molar-refractivity contribution in [2.45, 2.75) is 24.7 Å². The maximum Gasteiger partial charge on any atom is 0.269 e. The number of non-ortho nitro benzene ring substituents is 1. The van der Waals surface area contributed by atoms with Crippen molar-refractivity contribution in [2.75, 3.05) is 0 Å². The second kappa shape index (κ2) is 7.13. The molecule has 6 rings (SSSR count). The van der Waals surface area contributed by atoms with Gasteiger partial charge in [0.15, 0.2) is 11.6 Å². The molecule has 2 atom stereocenters. The maximum atomic E-state index is 13.5. The van der Waals surface area contributed by atoms with E-state index in [1.807, 2.05) is 30.3 Å². The smallest absolute Gasteiger partial charge is 0.269 e. The third-order valence-electron chi connectivity index (χ3n) is 6.70. The number of nitrogens with one attached hydrogen (secondary N) is 1. The highest BCUT2D eigenvalue weighted by molar-refractivity contribution is 6.23. The van der Waals surface area contributed by atoms with Gasteiger partial charge in [0.1, 0.15) is 5.76 Å². The van der Waals surface area contributed by atoms with Crippen LogP contribution in [0.15, 0.2) is 88.2 Å². The highest BCUT2D eigenvalue weighted by Crippen LogP contribution is 2.50. The number of ketones is 2. The summed E-state index contributed by atoms with van der Waals surface area (Å²) in [5, 5.41) is 14.6. The Labute approximate surface area is 188 Å². The van der Waals surface area contributed by atoms with Crippen molar-refractivity contribution >= 4 is 23.0 Å². The summed E-state index contributed by atoms with van der Waals surface area (Å²) in [4.78, 5) is 37.6. The summed E-state index contributed by atoms with van der Waals surface area (Å²) in [5.74, 6) is -0.0909. The minimum absolute atomic E-state index is 0.0371. The number of hydrogen-bond donors (Lipinski definition) is 1. The van der Waals surface area contributed by atoms with E-state index in [1.54, 1.807) is 24.5 Å². The molecule has 2 aromatic carbocycles. The highest BCUT2D eigenvalue weighted by Gasteiger charge is 2.45. The van der Waals surface area contributed by atoms with E-state index in [0.29, 0.717) is 34.4 Å². The molecule has 0 amide bonds. The Morgan fingerprint density at radius 3 is 2.36 bits per heavy atom. The number of carbonyl (C=O) groups is 2. The molecule has 0 fully saturated rings. The van der Waals surface area contributed by atoms with Gasteiger partial charge in [-0.2, -0.15) is 0 Å². The van der Waals surface area contributed by atoms with Crippen LogP contribution in [0.2, 0.25) is 0 Å². The number of carbonyl (C=O) groups excluding carboxylic acids is 2. The van der Waals surface area contributed by atoms with Gasteiger partial charge < -0.3 is 9.73 Å². The third kappa shape index (κ3) is 2.89. The number of hydrogen-bond acceptors (Lipinski definition) is 6. The summed E-state index contributed by atoms with van der Waals surface area (Å²) in [7, 11) is 0. The van der Waals surface area contributed by atoms with Gasteiger partial charge in [0.2, 0.25) is 0 Å². The molecule has 0 saturated carbocycles. The fraction of sp³-hybridized carbons (Fsp3) is 0.154. The van der Waals surface area contributed by atoms with Crippen molar-refractivity contribution < 1.29 is 18.9 Å².